The summed E-state index contributed by atoms with van der Waals surface area (Å²) in [6.45, 7) is 17.1. The second-order valence-electron chi connectivity index (χ2n) is 6.76. The maximum atomic E-state index is 9.02. The van der Waals surface area contributed by atoms with Crippen LogP contribution in [0.1, 0.15) is 48.0 Å². The van der Waals surface area contributed by atoms with Crippen molar-refractivity contribution in [1.82, 2.24) is 4.90 Å². The normalized spacial score (nSPS) is 12.8. The van der Waals surface area contributed by atoms with Gasteiger partial charge in [-0.05, 0) is 48.0 Å². The lowest BCUT2D eigenvalue weighted by atomic mass is 10.1. The molecule has 0 saturated carbocycles. The molecule has 1 N–H and O–H groups in total. The second kappa shape index (κ2) is 12.3. The zero-order valence-electron chi connectivity index (χ0n) is 15.4. The van der Waals surface area contributed by atoms with Crippen LogP contribution in [0.4, 0.5) is 0 Å². The predicted molar refractivity (Wildman–Crippen MR) is 90.3 cm³/mol. The van der Waals surface area contributed by atoms with Crippen LogP contribution in [0.3, 0.4) is 0 Å². The Morgan fingerprint density at radius 1 is 0.864 bits per heavy atom. The largest absolute Gasteiger partial charge is 0.396 e. The van der Waals surface area contributed by atoms with Crippen LogP contribution in [0.2, 0.25) is 0 Å². The molecule has 5 heteroatoms. The maximum Gasteiger partial charge on any atom is 0.0649 e. The summed E-state index contributed by atoms with van der Waals surface area (Å²) in [5.74, 6) is 0. The number of aliphatic hydroxyl groups is 1. The third-order valence-corrected chi connectivity index (χ3v) is 3.33. The number of ether oxygens (including phenoxy) is 3. The molecule has 0 aromatic carbocycles. The summed E-state index contributed by atoms with van der Waals surface area (Å²) in [6, 6.07) is 0. The van der Waals surface area contributed by atoms with Crippen LogP contribution in [0, 0.1) is 0 Å². The van der Waals surface area contributed by atoms with Gasteiger partial charge in [0.05, 0.1) is 37.6 Å². The van der Waals surface area contributed by atoms with Crippen LogP contribution in [0.15, 0.2) is 0 Å². The molecule has 0 radical (unpaired) electrons. The second-order valence-corrected chi connectivity index (χ2v) is 6.76. The lowest BCUT2D eigenvalue weighted by Gasteiger charge is -2.28. The molecule has 0 saturated heterocycles. The SMILES string of the molecule is CC(C)OCCN(CCOC(C)C)CCOC(C)(C)CCO. The Morgan fingerprint density at radius 2 is 1.32 bits per heavy atom. The first-order valence-electron chi connectivity index (χ1n) is 8.47. The fourth-order valence-corrected chi connectivity index (χ4v) is 1.96. The summed E-state index contributed by atoms with van der Waals surface area (Å²) in [5.41, 5.74) is -0.275. The zero-order chi connectivity index (χ0) is 17.0. The molecule has 0 aliphatic heterocycles. The van der Waals surface area contributed by atoms with E-state index in [2.05, 4.69) is 4.90 Å². The van der Waals surface area contributed by atoms with Crippen molar-refractivity contribution < 1.29 is 19.3 Å². The molecule has 0 heterocycles. The van der Waals surface area contributed by atoms with Gasteiger partial charge in [-0.2, -0.15) is 0 Å². The topological polar surface area (TPSA) is 51.2 Å². The van der Waals surface area contributed by atoms with Gasteiger partial charge in [0.15, 0.2) is 0 Å². The van der Waals surface area contributed by atoms with Gasteiger partial charge >= 0.3 is 0 Å². The highest BCUT2D eigenvalue weighted by atomic mass is 16.5. The van der Waals surface area contributed by atoms with Gasteiger partial charge in [0.2, 0.25) is 0 Å². The third-order valence-electron chi connectivity index (χ3n) is 3.33. The van der Waals surface area contributed by atoms with E-state index in [1.165, 1.54) is 0 Å². The highest BCUT2D eigenvalue weighted by molar-refractivity contribution is 4.68. The number of hydrogen-bond donors (Lipinski definition) is 1. The molecule has 0 aromatic rings. The van der Waals surface area contributed by atoms with Gasteiger partial charge < -0.3 is 19.3 Å². The first-order chi connectivity index (χ1) is 10.3. The molecule has 22 heavy (non-hydrogen) atoms. The van der Waals surface area contributed by atoms with Crippen molar-refractivity contribution in [3.8, 4) is 0 Å². The molecule has 5 nitrogen and oxygen atoms in total. The van der Waals surface area contributed by atoms with E-state index >= 15 is 0 Å². The molecule has 0 aliphatic rings. The minimum Gasteiger partial charge on any atom is -0.396 e. The third kappa shape index (κ3) is 13.5. The number of nitrogens with zero attached hydrogens (tertiary/aromatic N) is 1. The summed E-state index contributed by atoms with van der Waals surface area (Å²) in [5, 5.41) is 9.02. The first kappa shape index (κ1) is 21.8. The van der Waals surface area contributed by atoms with E-state index in [1.807, 2.05) is 41.5 Å². The van der Waals surface area contributed by atoms with Crippen LogP contribution >= 0.6 is 0 Å². The average Bonchev–Trinajstić information content (AvgIpc) is 2.36. The number of hydrogen-bond acceptors (Lipinski definition) is 5. The van der Waals surface area contributed by atoms with E-state index in [0.29, 0.717) is 13.0 Å². The minimum atomic E-state index is -0.275. The van der Waals surface area contributed by atoms with Crippen molar-refractivity contribution in [1.29, 1.82) is 0 Å². The lowest BCUT2D eigenvalue weighted by molar-refractivity contribution is -0.0452. The van der Waals surface area contributed by atoms with E-state index in [9.17, 15) is 0 Å². The molecule has 0 spiro atoms. The first-order valence-corrected chi connectivity index (χ1v) is 8.47. The standard InChI is InChI=1S/C17H37NO4/c1-15(2)20-12-8-18(9-13-21-16(3)4)10-14-22-17(5,6)7-11-19/h15-16,19H,7-14H2,1-6H3. The van der Waals surface area contributed by atoms with Crippen LogP contribution in [0.25, 0.3) is 0 Å². The average molecular weight is 319 g/mol. The molecule has 0 fully saturated rings. The Hall–Kier alpha value is -0.200. The van der Waals surface area contributed by atoms with Gasteiger partial charge in [0.1, 0.15) is 0 Å². The summed E-state index contributed by atoms with van der Waals surface area (Å²) in [6.07, 6.45) is 1.17. The van der Waals surface area contributed by atoms with E-state index in [1.54, 1.807) is 0 Å². The van der Waals surface area contributed by atoms with Gasteiger partial charge in [-0.3, -0.25) is 4.90 Å². The minimum absolute atomic E-state index is 0.154. The van der Waals surface area contributed by atoms with Crippen molar-refractivity contribution in [3.05, 3.63) is 0 Å². The Labute approximate surface area is 136 Å². The van der Waals surface area contributed by atoms with Gasteiger partial charge in [0, 0.05) is 26.2 Å². The number of rotatable bonds is 14. The van der Waals surface area contributed by atoms with Gasteiger partial charge in [-0.15, -0.1) is 0 Å². The van der Waals surface area contributed by atoms with Gasteiger partial charge in [-0.25, -0.2) is 0 Å². The Kier molecular flexibility index (Phi) is 12.1. The molecule has 0 aromatic heterocycles. The highest BCUT2D eigenvalue weighted by Gasteiger charge is 2.18. The summed E-state index contributed by atoms with van der Waals surface area (Å²) in [4.78, 5) is 2.31. The summed E-state index contributed by atoms with van der Waals surface area (Å²) >= 11 is 0. The van der Waals surface area contributed by atoms with Crippen molar-refractivity contribution in [3.63, 3.8) is 0 Å². The predicted octanol–water partition coefficient (Wildman–Crippen LogP) is 2.32. The zero-order valence-corrected chi connectivity index (χ0v) is 15.4. The molecule has 0 rings (SSSR count). The summed E-state index contributed by atoms with van der Waals surface area (Å²) < 4.78 is 17.1. The highest BCUT2D eigenvalue weighted by Crippen LogP contribution is 2.13. The molecular formula is C17H37NO4. The molecule has 0 atom stereocenters. The lowest BCUT2D eigenvalue weighted by Crippen LogP contribution is -2.37. The van der Waals surface area contributed by atoms with Crippen molar-refractivity contribution in [2.24, 2.45) is 0 Å². The van der Waals surface area contributed by atoms with Crippen molar-refractivity contribution >= 4 is 0 Å². The van der Waals surface area contributed by atoms with Gasteiger partial charge in [0.25, 0.3) is 0 Å². The van der Waals surface area contributed by atoms with Crippen molar-refractivity contribution in [2.45, 2.75) is 65.8 Å². The maximum absolute atomic E-state index is 9.02. The van der Waals surface area contributed by atoms with Gasteiger partial charge in [-0.1, -0.05) is 0 Å². The molecule has 0 unspecified atom stereocenters. The quantitative estimate of drug-likeness (QED) is 0.532. The van der Waals surface area contributed by atoms with Crippen LogP contribution in [0.5, 0.6) is 0 Å². The van der Waals surface area contributed by atoms with Crippen LogP contribution < -0.4 is 0 Å². The molecule has 0 amide bonds. The molecule has 0 bridgehead atoms. The Bertz CT molecular complexity index is 243. The van der Waals surface area contributed by atoms with E-state index in [0.717, 1.165) is 32.8 Å². The van der Waals surface area contributed by atoms with E-state index < -0.39 is 0 Å². The fourth-order valence-electron chi connectivity index (χ4n) is 1.96. The van der Waals surface area contributed by atoms with Crippen LogP contribution in [-0.2, 0) is 14.2 Å². The molecule has 0 aliphatic carbocycles. The van der Waals surface area contributed by atoms with E-state index in [4.69, 9.17) is 19.3 Å². The van der Waals surface area contributed by atoms with Crippen molar-refractivity contribution in [2.75, 3.05) is 46.1 Å². The van der Waals surface area contributed by atoms with Crippen LogP contribution in [-0.4, -0.2) is 73.9 Å². The Balaban J connectivity index is 4.09. The smallest absolute Gasteiger partial charge is 0.0649 e. The number of aliphatic hydroxyl groups excluding tert-OH is 1. The van der Waals surface area contributed by atoms with E-state index in [-0.39, 0.29) is 24.4 Å². The fraction of sp³-hybridized carbons (Fsp3) is 1.00. The molecule has 134 valence electrons. The summed E-state index contributed by atoms with van der Waals surface area (Å²) in [7, 11) is 0. The Morgan fingerprint density at radius 3 is 1.73 bits per heavy atom. The molecular weight excluding hydrogens is 282 g/mol. The monoisotopic (exact) mass is 319 g/mol.